The number of phenols is 1. The number of aliphatic hydroxyl groups excluding tert-OH is 1. The van der Waals surface area contributed by atoms with E-state index in [0.29, 0.717) is 29.0 Å². The molecule has 1 saturated heterocycles. The van der Waals surface area contributed by atoms with Gasteiger partial charge in [-0.1, -0.05) is 56.2 Å². The smallest absolute Gasteiger partial charge is 0.267 e. The summed E-state index contributed by atoms with van der Waals surface area (Å²) in [7, 11) is 0. The standard InChI is InChI=1S/C28H35F2N3O5/c1-3-4-8-14-31-26(37)22-16-28(29,30)17-33(22)27(38)24(35)21(15-19-10-6-5-7-11-19)32-25(36)20-12-9-13-23(34)18(20)2/h5-7,9-13,21-22,24,34-35H,3-4,8,14-17H2,1-2H3,(H,31,37)(H,32,36)/t21-,22-,24-/m0/s1. The van der Waals surface area contributed by atoms with Crippen LogP contribution in [-0.2, 0) is 16.0 Å². The van der Waals surface area contributed by atoms with Crippen LogP contribution in [0.4, 0.5) is 8.78 Å². The average Bonchev–Trinajstić information content (AvgIpc) is 3.22. The van der Waals surface area contributed by atoms with Gasteiger partial charge in [-0.2, -0.15) is 0 Å². The number of nitrogens with one attached hydrogen (secondary N) is 2. The number of unbranched alkanes of at least 4 members (excludes halogenated alkanes) is 2. The molecule has 0 aliphatic carbocycles. The van der Waals surface area contributed by atoms with Crippen molar-refractivity contribution in [3.63, 3.8) is 0 Å². The van der Waals surface area contributed by atoms with E-state index in [2.05, 4.69) is 10.6 Å². The normalized spacial score (nSPS) is 18.0. The summed E-state index contributed by atoms with van der Waals surface area (Å²) in [6.45, 7) is 2.84. The van der Waals surface area contributed by atoms with Gasteiger partial charge in [0.2, 0.25) is 5.91 Å². The van der Waals surface area contributed by atoms with Crippen molar-refractivity contribution in [2.75, 3.05) is 13.1 Å². The highest BCUT2D eigenvalue weighted by Crippen LogP contribution is 2.33. The van der Waals surface area contributed by atoms with E-state index >= 15 is 0 Å². The lowest BCUT2D eigenvalue weighted by molar-refractivity contribution is -0.147. The van der Waals surface area contributed by atoms with Crippen LogP contribution in [0.2, 0.25) is 0 Å². The topological polar surface area (TPSA) is 119 Å². The van der Waals surface area contributed by atoms with E-state index < -0.39 is 54.8 Å². The number of phenolic OH excluding ortho intramolecular Hbond substituents is 1. The summed E-state index contributed by atoms with van der Waals surface area (Å²) in [6, 6.07) is 10.5. The van der Waals surface area contributed by atoms with Gasteiger partial charge in [-0.3, -0.25) is 14.4 Å². The molecule has 3 atom stereocenters. The molecule has 0 bridgehead atoms. The Labute approximate surface area is 221 Å². The lowest BCUT2D eigenvalue weighted by Crippen LogP contribution is -2.56. The maximum atomic E-state index is 14.4. The fourth-order valence-electron chi connectivity index (χ4n) is 4.55. The monoisotopic (exact) mass is 531 g/mol. The van der Waals surface area contributed by atoms with Gasteiger partial charge < -0.3 is 25.7 Å². The minimum Gasteiger partial charge on any atom is -0.508 e. The molecule has 0 aromatic heterocycles. The van der Waals surface area contributed by atoms with E-state index in [1.807, 2.05) is 6.92 Å². The first kappa shape index (κ1) is 29.0. The van der Waals surface area contributed by atoms with Crippen molar-refractivity contribution in [1.29, 1.82) is 0 Å². The summed E-state index contributed by atoms with van der Waals surface area (Å²) in [5.74, 6) is -5.80. The lowest BCUT2D eigenvalue weighted by Gasteiger charge is -2.30. The number of carbonyl (C=O) groups excluding carboxylic acids is 3. The molecular formula is C28H35F2N3O5. The third-order valence-electron chi connectivity index (χ3n) is 6.73. The fraction of sp³-hybridized carbons (Fsp3) is 0.464. The maximum Gasteiger partial charge on any atom is 0.267 e. The Bertz CT molecular complexity index is 1130. The molecule has 0 saturated carbocycles. The number of aromatic hydroxyl groups is 1. The number of aliphatic hydroxyl groups is 1. The second-order valence-corrected chi connectivity index (χ2v) is 9.70. The van der Waals surface area contributed by atoms with Gasteiger partial charge in [0, 0.05) is 24.1 Å². The van der Waals surface area contributed by atoms with Crippen LogP contribution in [0.1, 0.15) is 54.1 Å². The molecular weight excluding hydrogens is 496 g/mol. The first-order valence-corrected chi connectivity index (χ1v) is 12.8. The molecule has 38 heavy (non-hydrogen) atoms. The predicted octanol–water partition coefficient (Wildman–Crippen LogP) is 2.95. The number of alkyl halides is 2. The van der Waals surface area contributed by atoms with Crippen LogP contribution in [0.5, 0.6) is 5.75 Å². The fourth-order valence-corrected chi connectivity index (χ4v) is 4.55. The number of nitrogens with zero attached hydrogens (tertiary/aromatic N) is 1. The van der Waals surface area contributed by atoms with E-state index in [0.717, 1.165) is 12.8 Å². The van der Waals surface area contributed by atoms with Gasteiger partial charge in [0.25, 0.3) is 17.7 Å². The van der Waals surface area contributed by atoms with Crippen molar-refractivity contribution >= 4 is 17.7 Å². The number of amides is 3. The summed E-state index contributed by atoms with van der Waals surface area (Å²) >= 11 is 0. The molecule has 8 nitrogen and oxygen atoms in total. The van der Waals surface area contributed by atoms with E-state index in [9.17, 15) is 33.4 Å². The van der Waals surface area contributed by atoms with Gasteiger partial charge >= 0.3 is 0 Å². The Hall–Kier alpha value is -3.53. The van der Waals surface area contributed by atoms with E-state index in [4.69, 9.17) is 0 Å². The summed E-state index contributed by atoms with van der Waals surface area (Å²) in [5.41, 5.74) is 1.14. The van der Waals surface area contributed by atoms with Crippen LogP contribution in [0.15, 0.2) is 48.5 Å². The van der Waals surface area contributed by atoms with Gasteiger partial charge in [-0.05, 0) is 37.5 Å². The number of hydrogen-bond acceptors (Lipinski definition) is 5. The molecule has 1 fully saturated rings. The molecule has 2 aromatic carbocycles. The summed E-state index contributed by atoms with van der Waals surface area (Å²) in [5, 5.41) is 26.3. The maximum absolute atomic E-state index is 14.4. The first-order chi connectivity index (χ1) is 18.0. The minimum atomic E-state index is -3.29. The van der Waals surface area contributed by atoms with Gasteiger partial charge in [-0.15, -0.1) is 0 Å². The summed E-state index contributed by atoms with van der Waals surface area (Å²) in [4.78, 5) is 39.9. The van der Waals surface area contributed by atoms with Crippen molar-refractivity contribution in [1.82, 2.24) is 15.5 Å². The SMILES string of the molecule is CCCCCNC(=O)[C@@H]1CC(F)(F)CN1C(=O)[C@@H](O)[C@H](Cc1ccccc1)NC(=O)c1cccc(O)c1C. The van der Waals surface area contributed by atoms with Gasteiger partial charge in [0.15, 0.2) is 6.10 Å². The van der Waals surface area contributed by atoms with Crippen LogP contribution >= 0.6 is 0 Å². The minimum absolute atomic E-state index is 0.0233. The third-order valence-corrected chi connectivity index (χ3v) is 6.73. The van der Waals surface area contributed by atoms with Crippen LogP contribution in [0, 0.1) is 6.92 Å². The van der Waals surface area contributed by atoms with E-state index in [1.54, 1.807) is 37.3 Å². The second-order valence-electron chi connectivity index (χ2n) is 9.70. The third kappa shape index (κ3) is 7.28. The van der Waals surface area contributed by atoms with Crippen LogP contribution in [-0.4, -0.2) is 70.0 Å². The zero-order chi connectivity index (χ0) is 27.9. The molecule has 0 radical (unpaired) electrons. The van der Waals surface area contributed by atoms with Crippen molar-refractivity contribution < 1.29 is 33.4 Å². The Morgan fingerprint density at radius 2 is 1.82 bits per heavy atom. The number of benzene rings is 2. The molecule has 206 valence electrons. The molecule has 0 spiro atoms. The number of hydrogen-bond donors (Lipinski definition) is 4. The number of halogens is 2. The molecule has 1 aliphatic rings. The van der Waals surface area contributed by atoms with Crippen molar-refractivity contribution in [3.8, 4) is 5.75 Å². The molecule has 1 heterocycles. The van der Waals surface area contributed by atoms with Crippen LogP contribution < -0.4 is 10.6 Å². The van der Waals surface area contributed by atoms with Crippen molar-refractivity contribution in [2.24, 2.45) is 0 Å². The molecule has 2 aromatic rings. The molecule has 0 unspecified atom stereocenters. The van der Waals surface area contributed by atoms with Crippen molar-refractivity contribution in [3.05, 3.63) is 65.2 Å². The average molecular weight is 532 g/mol. The van der Waals surface area contributed by atoms with Crippen LogP contribution in [0.3, 0.4) is 0 Å². The van der Waals surface area contributed by atoms with Gasteiger partial charge in [0.05, 0.1) is 12.6 Å². The van der Waals surface area contributed by atoms with Crippen LogP contribution in [0.25, 0.3) is 0 Å². The number of carbonyl (C=O) groups is 3. The largest absolute Gasteiger partial charge is 0.508 e. The number of rotatable bonds is 11. The highest BCUT2D eigenvalue weighted by Gasteiger charge is 2.51. The van der Waals surface area contributed by atoms with Gasteiger partial charge in [-0.25, -0.2) is 8.78 Å². The first-order valence-electron chi connectivity index (χ1n) is 12.8. The Kier molecular flexibility index (Phi) is 9.79. The zero-order valence-electron chi connectivity index (χ0n) is 21.6. The van der Waals surface area contributed by atoms with Crippen molar-refractivity contribution in [2.45, 2.75) is 70.1 Å². The lowest BCUT2D eigenvalue weighted by atomic mass is 9.98. The Balaban J connectivity index is 1.83. The predicted molar refractivity (Wildman–Crippen MR) is 138 cm³/mol. The highest BCUT2D eigenvalue weighted by atomic mass is 19.3. The highest BCUT2D eigenvalue weighted by molar-refractivity contribution is 5.97. The summed E-state index contributed by atoms with van der Waals surface area (Å²) in [6.07, 6.45) is -0.256. The Morgan fingerprint density at radius 1 is 1.11 bits per heavy atom. The van der Waals surface area contributed by atoms with E-state index in [-0.39, 0.29) is 17.7 Å². The molecule has 10 heteroatoms. The number of likely N-dealkylation sites (tertiary alicyclic amines) is 1. The molecule has 4 N–H and O–H groups in total. The summed E-state index contributed by atoms with van der Waals surface area (Å²) < 4.78 is 28.8. The van der Waals surface area contributed by atoms with E-state index in [1.165, 1.54) is 18.2 Å². The quantitative estimate of drug-likeness (QED) is 0.333. The molecule has 3 amide bonds. The zero-order valence-corrected chi connectivity index (χ0v) is 21.6. The van der Waals surface area contributed by atoms with Gasteiger partial charge in [0.1, 0.15) is 11.8 Å². The Morgan fingerprint density at radius 3 is 2.50 bits per heavy atom. The molecule has 1 aliphatic heterocycles. The second kappa shape index (κ2) is 12.8. The molecule has 3 rings (SSSR count).